The van der Waals surface area contributed by atoms with Crippen molar-refractivity contribution in [1.29, 1.82) is 0 Å². The third kappa shape index (κ3) is 4.69. The predicted molar refractivity (Wildman–Crippen MR) is 84.9 cm³/mol. The van der Waals surface area contributed by atoms with Crippen LogP contribution in [-0.2, 0) is 11.2 Å². The third-order valence-corrected chi connectivity index (χ3v) is 3.58. The van der Waals surface area contributed by atoms with E-state index in [1.54, 1.807) is 11.3 Å². The van der Waals surface area contributed by atoms with Gasteiger partial charge in [0.2, 0.25) is 0 Å². The number of nitrogens with two attached hydrogens (primary N) is 1. The van der Waals surface area contributed by atoms with Gasteiger partial charge in [-0.3, -0.25) is 4.99 Å². The van der Waals surface area contributed by atoms with Gasteiger partial charge in [-0.1, -0.05) is 0 Å². The summed E-state index contributed by atoms with van der Waals surface area (Å²) in [6, 6.07) is 0. The molecular weight excluding hydrogens is 363 g/mol. The summed E-state index contributed by atoms with van der Waals surface area (Å²) in [5.74, 6) is 0.626. The van der Waals surface area contributed by atoms with Crippen LogP contribution in [0.5, 0.6) is 0 Å². The molecule has 0 unspecified atom stereocenters. The molecule has 1 fully saturated rings. The first-order chi connectivity index (χ1) is 8.25. The Bertz CT molecular complexity index is 390. The molecule has 0 amide bonds. The molecule has 7 heteroatoms. The van der Waals surface area contributed by atoms with Crippen molar-refractivity contribution >= 4 is 41.3 Å². The van der Waals surface area contributed by atoms with Crippen molar-refractivity contribution in [1.82, 2.24) is 9.88 Å². The van der Waals surface area contributed by atoms with E-state index in [-0.39, 0.29) is 24.0 Å². The van der Waals surface area contributed by atoms with E-state index in [0.29, 0.717) is 12.5 Å². The van der Waals surface area contributed by atoms with E-state index in [2.05, 4.69) is 21.8 Å². The van der Waals surface area contributed by atoms with Crippen LogP contribution >= 0.6 is 35.3 Å². The maximum Gasteiger partial charge on any atom is 0.191 e. The molecule has 0 saturated carbocycles. The number of thiazole rings is 1. The summed E-state index contributed by atoms with van der Waals surface area (Å²) < 4.78 is 5.27. The van der Waals surface area contributed by atoms with E-state index in [0.717, 1.165) is 37.7 Å². The number of morpholine rings is 1. The Morgan fingerprint density at radius 2 is 2.28 bits per heavy atom. The van der Waals surface area contributed by atoms with Crippen LogP contribution in [0.4, 0.5) is 0 Å². The average Bonchev–Trinajstić information content (AvgIpc) is 2.76. The van der Waals surface area contributed by atoms with Crippen molar-refractivity contribution in [2.45, 2.75) is 13.3 Å². The first-order valence-corrected chi connectivity index (χ1v) is 6.61. The van der Waals surface area contributed by atoms with Gasteiger partial charge in [-0.2, -0.15) is 0 Å². The topological polar surface area (TPSA) is 63.7 Å². The second-order valence-electron chi connectivity index (χ2n) is 3.95. The van der Waals surface area contributed by atoms with Crippen LogP contribution in [0.2, 0.25) is 0 Å². The predicted octanol–water partition coefficient (Wildman–Crippen LogP) is 1.26. The number of rotatable bonds is 3. The highest BCUT2D eigenvalue weighted by molar-refractivity contribution is 14.0. The standard InChI is InChI=1S/C11H18N4OS.HI/c1-9-8-14-10(17-9)2-3-13-11(12)15-4-6-16-7-5-15;/h8H,2-7H2,1H3,(H2,12,13);1H. The lowest BCUT2D eigenvalue weighted by Crippen LogP contribution is -2.44. The summed E-state index contributed by atoms with van der Waals surface area (Å²) in [5, 5.41) is 1.13. The number of aromatic nitrogens is 1. The van der Waals surface area contributed by atoms with E-state index < -0.39 is 0 Å². The molecule has 1 aliphatic rings. The van der Waals surface area contributed by atoms with Crippen LogP contribution in [0.3, 0.4) is 0 Å². The molecule has 0 aromatic carbocycles. The molecule has 0 aliphatic carbocycles. The van der Waals surface area contributed by atoms with Crippen LogP contribution in [0.1, 0.15) is 9.88 Å². The zero-order valence-electron chi connectivity index (χ0n) is 10.5. The Hall–Kier alpha value is -0.410. The lowest BCUT2D eigenvalue weighted by Gasteiger charge is -2.27. The zero-order valence-corrected chi connectivity index (χ0v) is 13.6. The molecule has 2 N–H and O–H groups in total. The second-order valence-corrected chi connectivity index (χ2v) is 5.27. The molecular formula is C11H19IN4OS. The van der Waals surface area contributed by atoms with Crippen molar-refractivity contribution in [3.8, 4) is 0 Å². The second kappa shape index (κ2) is 7.90. The van der Waals surface area contributed by atoms with Crippen LogP contribution in [0.25, 0.3) is 0 Å². The summed E-state index contributed by atoms with van der Waals surface area (Å²) in [7, 11) is 0. The highest BCUT2D eigenvalue weighted by Gasteiger charge is 2.11. The zero-order chi connectivity index (χ0) is 12.1. The normalized spacial score (nSPS) is 16.5. The largest absolute Gasteiger partial charge is 0.378 e. The number of aryl methyl sites for hydroxylation is 1. The molecule has 1 saturated heterocycles. The van der Waals surface area contributed by atoms with Crippen LogP contribution < -0.4 is 5.73 Å². The van der Waals surface area contributed by atoms with Gasteiger partial charge in [0.05, 0.1) is 18.2 Å². The number of ether oxygens (including phenoxy) is 1. The minimum absolute atomic E-state index is 0. The molecule has 0 atom stereocenters. The van der Waals surface area contributed by atoms with Gasteiger partial charge in [0.1, 0.15) is 0 Å². The Morgan fingerprint density at radius 3 is 2.89 bits per heavy atom. The molecule has 18 heavy (non-hydrogen) atoms. The van der Waals surface area contributed by atoms with E-state index in [1.807, 2.05) is 6.20 Å². The minimum atomic E-state index is 0. The fraction of sp³-hybridized carbons (Fsp3) is 0.636. The van der Waals surface area contributed by atoms with Gasteiger partial charge in [0, 0.05) is 37.1 Å². The van der Waals surface area contributed by atoms with Crippen molar-refractivity contribution in [3.63, 3.8) is 0 Å². The number of nitrogens with zero attached hydrogens (tertiary/aromatic N) is 3. The fourth-order valence-corrected chi connectivity index (χ4v) is 2.45. The summed E-state index contributed by atoms with van der Waals surface area (Å²) in [4.78, 5) is 12.0. The highest BCUT2D eigenvalue weighted by Crippen LogP contribution is 2.11. The number of hydrogen-bond donors (Lipinski definition) is 1. The van der Waals surface area contributed by atoms with E-state index in [1.165, 1.54) is 4.88 Å². The maximum atomic E-state index is 5.92. The van der Waals surface area contributed by atoms with Crippen LogP contribution in [-0.4, -0.2) is 48.7 Å². The van der Waals surface area contributed by atoms with Crippen LogP contribution in [0.15, 0.2) is 11.2 Å². The molecule has 0 radical (unpaired) electrons. The lowest BCUT2D eigenvalue weighted by atomic mass is 10.4. The smallest absolute Gasteiger partial charge is 0.191 e. The summed E-state index contributed by atoms with van der Waals surface area (Å²) in [6.45, 7) is 5.92. The van der Waals surface area contributed by atoms with Crippen LogP contribution in [0, 0.1) is 6.92 Å². The number of aliphatic imine (C=N–C) groups is 1. The Morgan fingerprint density at radius 1 is 1.56 bits per heavy atom. The maximum absolute atomic E-state index is 5.92. The molecule has 1 aliphatic heterocycles. The Kier molecular flexibility index (Phi) is 6.87. The lowest BCUT2D eigenvalue weighted by molar-refractivity contribution is 0.0674. The van der Waals surface area contributed by atoms with Crippen molar-refractivity contribution in [3.05, 3.63) is 16.1 Å². The van der Waals surface area contributed by atoms with Crippen molar-refractivity contribution < 1.29 is 4.74 Å². The minimum Gasteiger partial charge on any atom is -0.378 e. The summed E-state index contributed by atoms with van der Waals surface area (Å²) >= 11 is 1.72. The number of halogens is 1. The van der Waals surface area contributed by atoms with E-state index >= 15 is 0 Å². The van der Waals surface area contributed by atoms with Gasteiger partial charge in [-0.05, 0) is 6.92 Å². The van der Waals surface area contributed by atoms with E-state index in [4.69, 9.17) is 10.5 Å². The Balaban J connectivity index is 0.00000162. The molecule has 102 valence electrons. The fourth-order valence-electron chi connectivity index (χ4n) is 1.68. The molecule has 5 nitrogen and oxygen atoms in total. The van der Waals surface area contributed by atoms with Gasteiger partial charge in [0.15, 0.2) is 5.96 Å². The average molecular weight is 382 g/mol. The SMILES string of the molecule is Cc1cnc(CCN=C(N)N2CCOCC2)s1.I. The van der Waals surface area contributed by atoms with Gasteiger partial charge in [0.25, 0.3) is 0 Å². The first-order valence-electron chi connectivity index (χ1n) is 5.79. The van der Waals surface area contributed by atoms with Gasteiger partial charge in [-0.25, -0.2) is 4.98 Å². The number of hydrogen-bond acceptors (Lipinski definition) is 4. The first kappa shape index (κ1) is 15.6. The molecule has 0 bridgehead atoms. The van der Waals surface area contributed by atoms with Gasteiger partial charge >= 0.3 is 0 Å². The quantitative estimate of drug-likeness (QED) is 0.486. The summed E-state index contributed by atoms with van der Waals surface area (Å²) in [6.07, 6.45) is 2.76. The van der Waals surface area contributed by atoms with Crippen molar-refractivity contribution in [2.75, 3.05) is 32.8 Å². The van der Waals surface area contributed by atoms with Gasteiger partial charge < -0.3 is 15.4 Å². The van der Waals surface area contributed by atoms with Crippen molar-refractivity contribution in [2.24, 2.45) is 10.7 Å². The molecule has 1 aromatic heterocycles. The summed E-state index contributed by atoms with van der Waals surface area (Å²) in [5.41, 5.74) is 5.92. The molecule has 2 heterocycles. The third-order valence-electron chi connectivity index (χ3n) is 2.60. The molecule has 0 spiro atoms. The highest BCUT2D eigenvalue weighted by atomic mass is 127. The molecule has 2 rings (SSSR count). The molecule has 1 aromatic rings. The number of guanidine groups is 1. The Labute approximate surface area is 128 Å². The monoisotopic (exact) mass is 382 g/mol. The van der Waals surface area contributed by atoms with E-state index in [9.17, 15) is 0 Å². The van der Waals surface area contributed by atoms with Gasteiger partial charge in [-0.15, -0.1) is 35.3 Å².